The van der Waals surface area contributed by atoms with Crippen LogP contribution in [0.4, 0.5) is 18.0 Å². The molecular formula is C41H50ClF3N2O5. The summed E-state index contributed by atoms with van der Waals surface area (Å²) in [7, 11) is 0. The number of carbonyl (C=O) groups is 2. The molecule has 282 valence electrons. The van der Waals surface area contributed by atoms with E-state index in [2.05, 4.69) is 37.4 Å². The number of amides is 2. The third-order valence-electron chi connectivity index (χ3n) is 14.0. The summed E-state index contributed by atoms with van der Waals surface area (Å²) < 4.78 is 47.0. The van der Waals surface area contributed by atoms with Crippen molar-refractivity contribution in [3.63, 3.8) is 0 Å². The molecule has 7 nitrogen and oxygen atoms in total. The number of urea groups is 1. The first-order valence-electron chi connectivity index (χ1n) is 18.8. The van der Waals surface area contributed by atoms with Crippen molar-refractivity contribution in [1.29, 1.82) is 0 Å². The van der Waals surface area contributed by atoms with Gasteiger partial charge in [-0.3, -0.25) is 4.79 Å². The number of furan rings is 1. The molecule has 1 unspecified atom stereocenters. The Kier molecular flexibility index (Phi) is 8.94. The van der Waals surface area contributed by atoms with E-state index in [1.54, 1.807) is 4.90 Å². The summed E-state index contributed by atoms with van der Waals surface area (Å²) in [4.78, 5) is 30.0. The van der Waals surface area contributed by atoms with Gasteiger partial charge in [0.1, 0.15) is 5.76 Å². The number of Topliss-reactive ketones (excluding diaryl/α,β-unsaturated/α-hetero) is 1. The summed E-state index contributed by atoms with van der Waals surface area (Å²) in [6.07, 6.45) is 6.59. The average Bonchev–Trinajstić information content (AvgIpc) is 3.66. The lowest BCUT2D eigenvalue weighted by molar-refractivity contribution is -0.174. The van der Waals surface area contributed by atoms with Crippen molar-refractivity contribution in [2.24, 2.45) is 33.5 Å². The molecule has 3 N–H and O–H groups in total. The molecule has 8 rings (SSSR count). The van der Waals surface area contributed by atoms with Gasteiger partial charge in [0.05, 0.1) is 28.8 Å². The molecule has 11 heteroatoms. The topological polar surface area (TPSA) is 103 Å². The summed E-state index contributed by atoms with van der Waals surface area (Å²) in [5, 5.41) is 26.8. The Labute approximate surface area is 308 Å². The SMILES string of the molecule is CCCN(C[C@]1(O)CC[C@H]2[C@]34C=C[C@@]5(C=C3C(=O)c3ccc(-c6cc(C(F)(F)F)ccc6Cl)o3)CC(O)CC[C@]5(C)[C@H]4CC[C@@]21C)C(=O)NC(C)C. The molecule has 2 bridgehead atoms. The molecule has 6 aliphatic rings. The smallest absolute Gasteiger partial charge is 0.416 e. The van der Waals surface area contributed by atoms with Crippen LogP contribution < -0.4 is 5.32 Å². The van der Waals surface area contributed by atoms with Crippen LogP contribution in [0.2, 0.25) is 5.02 Å². The number of nitrogens with one attached hydrogen (secondary N) is 1. The first-order valence-corrected chi connectivity index (χ1v) is 19.1. The second kappa shape index (κ2) is 12.5. The molecule has 3 saturated carbocycles. The molecule has 1 aromatic carbocycles. The van der Waals surface area contributed by atoms with Crippen LogP contribution in [0.5, 0.6) is 0 Å². The standard InChI is InChI=1S/C41H50ClF3N2O5/c1-6-19-47(35(50)46-24(2)3)23-39(51)16-13-33-37(39,5)15-12-32-36(4)14-11-26(48)21-38(36)17-18-40(32,33)28(22-38)34(49)31-10-9-30(52-31)27-20-25(41(43,44)45)7-8-29(27)42/h7-10,17-18,20,22,24,26,32-33,48,51H,6,11-16,19,21,23H2,1-5H3,(H,46,50)/t26?,32-,33-,36-,37+,38+,39-,40-/m1/s1. The highest BCUT2D eigenvalue weighted by molar-refractivity contribution is 6.33. The van der Waals surface area contributed by atoms with E-state index in [4.69, 9.17) is 16.0 Å². The van der Waals surface area contributed by atoms with E-state index in [1.165, 1.54) is 18.2 Å². The predicted molar refractivity (Wildman–Crippen MR) is 193 cm³/mol. The molecule has 8 atom stereocenters. The summed E-state index contributed by atoms with van der Waals surface area (Å²) in [5.41, 5.74) is -3.74. The monoisotopic (exact) mass is 742 g/mol. The van der Waals surface area contributed by atoms with Crippen molar-refractivity contribution < 1.29 is 37.4 Å². The van der Waals surface area contributed by atoms with E-state index in [-0.39, 0.29) is 63.8 Å². The first-order chi connectivity index (χ1) is 24.3. The summed E-state index contributed by atoms with van der Waals surface area (Å²) >= 11 is 6.36. The number of halogens is 4. The highest BCUT2D eigenvalue weighted by atomic mass is 35.5. The van der Waals surface area contributed by atoms with E-state index in [0.717, 1.165) is 37.8 Å². The molecular weight excluding hydrogens is 693 g/mol. The third kappa shape index (κ3) is 5.36. The van der Waals surface area contributed by atoms with Gasteiger partial charge in [0, 0.05) is 40.0 Å². The Morgan fingerprint density at radius 2 is 1.73 bits per heavy atom. The van der Waals surface area contributed by atoms with E-state index < -0.39 is 39.7 Å². The van der Waals surface area contributed by atoms with Crippen LogP contribution in [0.25, 0.3) is 11.3 Å². The molecule has 0 aliphatic heterocycles. The molecule has 52 heavy (non-hydrogen) atoms. The minimum Gasteiger partial charge on any atom is -0.453 e. The Bertz CT molecular complexity index is 1840. The lowest BCUT2D eigenvalue weighted by atomic mass is 9.32. The third-order valence-corrected chi connectivity index (χ3v) is 14.3. The fraction of sp³-hybridized carbons (Fsp3) is 0.610. The second-order valence-corrected chi connectivity index (χ2v) is 17.4. The number of carbonyl (C=O) groups excluding carboxylic acids is 2. The molecule has 2 spiro atoms. The van der Waals surface area contributed by atoms with Crippen LogP contribution in [-0.2, 0) is 6.18 Å². The van der Waals surface area contributed by atoms with Gasteiger partial charge in [-0.1, -0.05) is 50.6 Å². The number of rotatable bonds is 8. The number of alkyl halides is 3. The number of nitrogens with zero attached hydrogens (tertiary/aromatic N) is 1. The molecule has 0 saturated heterocycles. The van der Waals surface area contributed by atoms with Crippen LogP contribution >= 0.6 is 11.6 Å². The second-order valence-electron chi connectivity index (χ2n) is 17.0. The van der Waals surface area contributed by atoms with Crippen LogP contribution in [0.15, 0.2) is 58.6 Å². The zero-order chi connectivity index (χ0) is 37.6. The van der Waals surface area contributed by atoms with Gasteiger partial charge in [0.2, 0.25) is 5.78 Å². The van der Waals surface area contributed by atoms with Gasteiger partial charge < -0.3 is 24.8 Å². The molecule has 6 aliphatic carbocycles. The van der Waals surface area contributed by atoms with Gasteiger partial charge in [0.25, 0.3) is 0 Å². The maximum atomic E-state index is 15.0. The van der Waals surface area contributed by atoms with Crippen molar-refractivity contribution in [1.82, 2.24) is 10.2 Å². The number of ketones is 1. The normalized spacial score (nSPS) is 36.2. The fourth-order valence-electron chi connectivity index (χ4n) is 11.4. The number of aliphatic hydroxyl groups excluding tert-OH is 1. The number of allylic oxidation sites excluding steroid dienone is 4. The molecule has 2 aromatic rings. The first kappa shape index (κ1) is 37.2. The zero-order valence-corrected chi connectivity index (χ0v) is 31.3. The van der Waals surface area contributed by atoms with Crippen LogP contribution in [0.1, 0.15) is 102 Å². The lowest BCUT2D eigenvalue weighted by Gasteiger charge is -2.71. The fourth-order valence-corrected chi connectivity index (χ4v) is 11.6. The van der Waals surface area contributed by atoms with Gasteiger partial charge >= 0.3 is 12.2 Å². The minimum absolute atomic E-state index is 0.00160. The van der Waals surface area contributed by atoms with Gasteiger partial charge in [0.15, 0.2) is 5.76 Å². The molecule has 3 fully saturated rings. The van der Waals surface area contributed by atoms with Crippen molar-refractivity contribution >= 4 is 23.4 Å². The van der Waals surface area contributed by atoms with E-state index in [9.17, 15) is 33.0 Å². The molecule has 1 heterocycles. The van der Waals surface area contributed by atoms with Crippen molar-refractivity contribution in [3.8, 4) is 11.3 Å². The Morgan fingerprint density at radius 3 is 2.42 bits per heavy atom. The van der Waals surface area contributed by atoms with Gasteiger partial charge in [-0.2, -0.15) is 13.2 Å². The largest absolute Gasteiger partial charge is 0.453 e. The zero-order valence-electron chi connectivity index (χ0n) is 30.6. The molecule has 2 amide bonds. The number of aliphatic hydroxyl groups is 2. The van der Waals surface area contributed by atoms with Gasteiger partial charge in [-0.15, -0.1) is 0 Å². The van der Waals surface area contributed by atoms with Gasteiger partial charge in [-0.05, 0) is 113 Å². The Morgan fingerprint density at radius 1 is 1.04 bits per heavy atom. The average molecular weight is 743 g/mol. The summed E-state index contributed by atoms with van der Waals surface area (Å²) in [6.45, 7) is 10.9. The predicted octanol–water partition coefficient (Wildman–Crippen LogP) is 9.22. The highest BCUT2D eigenvalue weighted by Crippen LogP contribution is 2.78. The van der Waals surface area contributed by atoms with E-state index in [0.29, 0.717) is 37.8 Å². The van der Waals surface area contributed by atoms with Crippen LogP contribution in [0, 0.1) is 33.5 Å². The maximum absolute atomic E-state index is 15.0. The van der Waals surface area contributed by atoms with Crippen molar-refractivity contribution in [3.05, 3.63) is 70.5 Å². The van der Waals surface area contributed by atoms with Crippen molar-refractivity contribution in [2.75, 3.05) is 13.1 Å². The lowest BCUT2D eigenvalue weighted by Crippen LogP contribution is -2.67. The number of hydrogen-bond donors (Lipinski definition) is 3. The number of fused-ring (bicyclic) bond motifs is 1. The Hall–Kier alpha value is -3.08. The van der Waals surface area contributed by atoms with E-state index >= 15 is 0 Å². The highest BCUT2D eigenvalue weighted by Gasteiger charge is 2.74. The molecule has 1 aromatic heterocycles. The van der Waals surface area contributed by atoms with Crippen LogP contribution in [0.3, 0.4) is 0 Å². The number of hydrogen-bond acceptors (Lipinski definition) is 5. The number of benzene rings is 1. The summed E-state index contributed by atoms with van der Waals surface area (Å²) in [6, 6.07) is 5.73. The minimum atomic E-state index is -4.59. The van der Waals surface area contributed by atoms with E-state index in [1.807, 2.05) is 20.8 Å². The maximum Gasteiger partial charge on any atom is 0.416 e. The van der Waals surface area contributed by atoms with Gasteiger partial charge in [-0.25, -0.2) is 4.79 Å². The molecule has 0 radical (unpaired) electrons. The summed E-state index contributed by atoms with van der Waals surface area (Å²) in [5.74, 6) is -0.417. The Balaban J connectivity index is 1.31. The quantitative estimate of drug-likeness (QED) is 0.185. The van der Waals surface area contributed by atoms with Crippen LogP contribution in [-0.4, -0.2) is 57.8 Å². The van der Waals surface area contributed by atoms with Crippen molar-refractivity contribution in [2.45, 2.75) is 110 Å².